The summed E-state index contributed by atoms with van der Waals surface area (Å²) in [6.07, 6.45) is 0.617. The molecular weight excluding hydrogens is 228 g/mol. The molecule has 1 aromatic carbocycles. The van der Waals surface area contributed by atoms with Crippen molar-refractivity contribution >= 4 is 17.9 Å². The number of rotatable bonds is 2. The highest BCUT2D eigenvalue weighted by atomic mass is 35.5. The normalized spacial score (nSPS) is 10.4. The minimum absolute atomic E-state index is 0.0308. The molecule has 0 aliphatic rings. The van der Waals surface area contributed by atoms with Crippen molar-refractivity contribution in [3.63, 3.8) is 0 Å². The number of furan rings is 1. The largest absolute Gasteiger partial charge is 0.506 e. The van der Waals surface area contributed by atoms with E-state index in [1.165, 1.54) is 0 Å². The molecule has 0 amide bonds. The standard InChI is InChI=1S/C12H9ClO3/c1-7-2-4-9(11(13)12(7)15)10-5-3-8(6-14)16-10/h2-6,15H,1H3. The lowest BCUT2D eigenvalue weighted by Crippen LogP contribution is -1.81. The van der Waals surface area contributed by atoms with Gasteiger partial charge in [0.1, 0.15) is 11.5 Å². The third-order valence-electron chi connectivity index (χ3n) is 2.33. The van der Waals surface area contributed by atoms with E-state index >= 15 is 0 Å². The molecule has 0 aliphatic carbocycles. The van der Waals surface area contributed by atoms with Crippen molar-refractivity contribution in [3.05, 3.63) is 40.6 Å². The summed E-state index contributed by atoms with van der Waals surface area (Å²) in [7, 11) is 0. The van der Waals surface area contributed by atoms with Crippen LogP contribution in [0.15, 0.2) is 28.7 Å². The maximum absolute atomic E-state index is 10.5. The van der Waals surface area contributed by atoms with Crippen molar-refractivity contribution in [1.29, 1.82) is 0 Å². The second-order valence-electron chi connectivity index (χ2n) is 3.41. The maximum atomic E-state index is 10.5. The third-order valence-corrected chi connectivity index (χ3v) is 2.71. The molecule has 1 heterocycles. The molecule has 0 saturated carbocycles. The lowest BCUT2D eigenvalue weighted by atomic mass is 10.1. The van der Waals surface area contributed by atoms with Crippen molar-refractivity contribution in [3.8, 4) is 17.1 Å². The Morgan fingerprint density at radius 3 is 2.69 bits per heavy atom. The Labute approximate surface area is 97.3 Å². The van der Waals surface area contributed by atoms with Crippen LogP contribution >= 0.6 is 11.6 Å². The number of aromatic hydroxyl groups is 1. The molecule has 2 rings (SSSR count). The average molecular weight is 237 g/mol. The van der Waals surface area contributed by atoms with Crippen LogP contribution in [-0.2, 0) is 0 Å². The first kappa shape index (κ1) is 10.8. The van der Waals surface area contributed by atoms with E-state index in [4.69, 9.17) is 16.0 Å². The van der Waals surface area contributed by atoms with Gasteiger partial charge in [0.25, 0.3) is 0 Å². The summed E-state index contributed by atoms with van der Waals surface area (Å²) in [5.41, 5.74) is 1.26. The molecule has 0 unspecified atom stereocenters. The summed E-state index contributed by atoms with van der Waals surface area (Å²) in [4.78, 5) is 10.5. The SMILES string of the molecule is Cc1ccc(-c2ccc(C=O)o2)c(Cl)c1O. The van der Waals surface area contributed by atoms with Crippen LogP contribution in [0.3, 0.4) is 0 Å². The van der Waals surface area contributed by atoms with E-state index in [2.05, 4.69) is 0 Å². The van der Waals surface area contributed by atoms with Gasteiger partial charge >= 0.3 is 0 Å². The van der Waals surface area contributed by atoms with E-state index in [0.29, 0.717) is 23.2 Å². The zero-order valence-electron chi connectivity index (χ0n) is 8.53. The van der Waals surface area contributed by atoms with Crippen molar-refractivity contribution in [2.24, 2.45) is 0 Å². The summed E-state index contributed by atoms with van der Waals surface area (Å²) >= 11 is 5.99. The van der Waals surface area contributed by atoms with Gasteiger partial charge in [-0.15, -0.1) is 0 Å². The van der Waals surface area contributed by atoms with Gasteiger partial charge in [-0.3, -0.25) is 4.79 Å². The predicted octanol–water partition coefficient (Wildman–Crippen LogP) is 3.43. The van der Waals surface area contributed by atoms with Crippen molar-refractivity contribution in [2.75, 3.05) is 0 Å². The summed E-state index contributed by atoms with van der Waals surface area (Å²) in [6, 6.07) is 6.67. The van der Waals surface area contributed by atoms with Crippen LogP contribution < -0.4 is 0 Å². The third kappa shape index (κ3) is 1.70. The van der Waals surface area contributed by atoms with Gasteiger partial charge in [-0.25, -0.2) is 0 Å². The topological polar surface area (TPSA) is 50.4 Å². The monoisotopic (exact) mass is 236 g/mol. The summed E-state index contributed by atoms with van der Waals surface area (Å²) in [5.74, 6) is 0.719. The minimum Gasteiger partial charge on any atom is -0.506 e. The smallest absolute Gasteiger partial charge is 0.185 e. The lowest BCUT2D eigenvalue weighted by molar-refractivity contribution is 0.110. The van der Waals surface area contributed by atoms with Crippen LogP contribution in [0, 0.1) is 6.92 Å². The van der Waals surface area contributed by atoms with Crippen molar-refractivity contribution in [2.45, 2.75) is 6.92 Å². The number of benzene rings is 1. The Bertz CT molecular complexity index is 543. The molecule has 0 saturated heterocycles. The van der Waals surface area contributed by atoms with E-state index in [9.17, 15) is 9.90 Å². The zero-order chi connectivity index (χ0) is 11.7. The first-order valence-electron chi connectivity index (χ1n) is 4.67. The molecule has 0 bridgehead atoms. The van der Waals surface area contributed by atoms with Crippen molar-refractivity contribution in [1.82, 2.24) is 0 Å². The molecule has 4 heteroatoms. The van der Waals surface area contributed by atoms with Crippen molar-refractivity contribution < 1.29 is 14.3 Å². The van der Waals surface area contributed by atoms with Crippen LogP contribution in [0.25, 0.3) is 11.3 Å². The predicted molar refractivity (Wildman–Crippen MR) is 60.9 cm³/mol. The Morgan fingerprint density at radius 1 is 1.31 bits per heavy atom. The molecule has 82 valence electrons. The molecular formula is C12H9ClO3. The minimum atomic E-state index is 0.0308. The first-order chi connectivity index (χ1) is 7.63. The summed E-state index contributed by atoms with van der Waals surface area (Å²) in [5, 5.41) is 9.90. The number of aryl methyl sites for hydroxylation is 1. The summed E-state index contributed by atoms with van der Waals surface area (Å²) in [6.45, 7) is 1.75. The zero-order valence-corrected chi connectivity index (χ0v) is 9.28. The van der Waals surface area contributed by atoms with Gasteiger partial charge < -0.3 is 9.52 Å². The molecule has 0 fully saturated rings. The van der Waals surface area contributed by atoms with E-state index in [1.54, 1.807) is 31.2 Å². The number of aldehydes is 1. The first-order valence-corrected chi connectivity index (χ1v) is 5.04. The van der Waals surface area contributed by atoms with Crippen LogP contribution in [0.5, 0.6) is 5.75 Å². The summed E-state index contributed by atoms with van der Waals surface area (Å²) < 4.78 is 5.23. The molecule has 1 aromatic heterocycles. The highest BCUT2D eigenvalue weighted by Crippen LogP contribution is 2.37. The fourth-order valence-corrected chi connectivity index (χ4v) is 1.72. The van der Waals surface area contributed by atoms with Crippen LogP contribution in [-0.4, -0.2) is 11.4 Å². The van der Waals surface area contributed by atoms with Crippen LogP contribution in [0.4, 0.5) is 0 Å². The Morgan fingerprint density at radius 2 is 2.06 bits per heavy atom. The van der Waals surface area contributed by atoms with Gasteiger partial charge in [0.2, 0.25) is 0 Å². The number of hydrogen-bond acceptors (Lipinski definition) is 3. The number of phenols is 1. The van der Waals surface area contributed by atoms with E-state index in [-0.39, 0.29) is 16.5 Å². The Hall–Kier alpha value is -1.74. The number of hydrogen-bond donors (Lipinski definition) is 1. The average Bonchev–Trinajstić information content (AvgIpc) is 2.74. The molecule has 0 spiro atoms. The number of halogens is 1. The fourth-order valence-electron chi connectivity index (χ4n) is 1.41. The second kappa shape index (κ2) is 4.02. The lowest BCUT2D eigenvalue weighted by Gasteiger charge is -2.05. The Balaban J connectivity index is 2.56. The van der Waals surface area contributed by atoms with Gasteiger partial charge in [0.05, 0.1) is 5.02 Å². The highest BCUT2D eigenvalue weighted by Gasteiger charge is 2.12. The maximum Gasteiger partial charge on any atom is 0.185 e. The van der Waals surface area contributed by atoms with E-state index < -0.39 is 0 Å². The number of carbonyl (C=O) groups is 1. The molecule has 16 heavy (non-hydrogen) atoms. The van der Waals surface area contributed by atoms with Crippen LogP contribution in [0.2, 0.25) is 5.02 Å². The quantitative estimate of drug-likeness (QED) is 0.813. The molecule has 0 aliphatic heterocycles. The number of carbonyl (C=O) groups excluding carboxylic acids is 1. The van der Waals surface area contributed by atoms with Gasteiger partial charge in [0.15, 0.2) is 12.0 Å². The highest BCUT2D eigenvalue weighted by molar-refractivity contribution is 6.34. The Kier molecular flexibility index (Phi) is 2.71. The molecule has 3 nitrogen and oxygen atoms in total. The molecule has 2 aromatic rings. The van der Waals surface area contributed by atoms with Gasteiger partial charge in [-0.1, -0.05) is 17.7 Å². The van der Waals surface area contributed by atoms with Gasteiger partial charge in [0, 0.05) is 5.56 Å². The second-order valence-corrected chi connectivity index (χ2v) is 3.79. The molecule has 1 N–H and O–H groups in total. The van der Waals surface area contributed by atoms with E-state index in [1.807, 2.05) is 0 Å². The molecule has 0 radical (unpaired) electrons. The van der Waals surface area contributed by atoms with Gasteiger partial charge in [-0.2, -0.15) is 0 Å². The molecule has 0 atom stereocenters. The number of phenolic OH excluding ortho intramolecular Hbond substituents is 1. The fraction of sp³-hybridized carbons (Fsp3) is 0.0833. The van der Waals surface area contributed by atoms with E-state index in [0.717, 1.165) is 0 Å². The van der Waals surface area contributed by atoms with Gasteiger partial charge in [-0.05, 0) is 30.7 Å². The van der Waals surface area contributed by atoms with Crippen LogP contribution in [0.1, 0.15) is 16.1 Å².